The van der Waals surface area contributed by atoms with Crippen LogP contribution in [0.1, 0.15) is 0 Å². The molecule has 0 fully saturated rings. The Hall–Kier alpha value is -0.420. The van der Waals surface area contributed by atoms with E-state index in [2.05, 4.69) is 5.32 Å². The number of aliphatic hydroxyl groups excluding tert-OH is 1. The molecular formula is C10H14ClNO2S. The minimum atomic E-state index is -1.17. The van der Waals surface area contributed by atoms with E-state index in [-0.39, 0.29) is 5.75 Å². The average Bonchev–Trinajstić information content (AvgIpc) is 2.18. The van der Waals surface area contributed by atoms with Gasteiger partial charge in [-0.1, -0.05) is 11.6 Å². The van der Waals surface area contributed by atoms with E-state index in [0.29, 0.717) is 16.5 Å². The monoisotopic (exact) mass is 247 g/mol. The molecule has 15 heavy (non-hydrogen) atoms. The van der Waals surface area contributed by atoms with Crippen molar-refractivity contribution in [1.29, 1.82) is 0 Å². The van der Waals surface area contributed by atoms with Crippen molar-refractivity contribution >= 4 is 22.4 Å². The molecule has 0 aliphatic carbocycles. The lowest BCUT2D eigenvalue weighted by atomic mass is 10.4. The van der Waals surface area contributed by atoms with Gasteiger partial charge in [-0.25, -0.2) is 0 Å². The standard InChI is InChI=1S/C10H14ClNO2S/c1-12-6-9(13)7-15(14)10-4-2-8(11)3-5-10/h2-5,9,12-13H,6-7H2,1H3. The van der Waals surface area contributed by atoms with Crippen molar-refractivity contribution in [2.24, 2.45) is 0 Å². The van der Waals surface area contributed by atoms with E-state index in [1.807, 2.05) is 0 Å². The summed E-state index contributed by atoms with van der Waals surface area (Å²) in [6.07, 6.45) is -0.591. The number of benzene rings is 1. The first-order valence-corrected chi connectivity index (χ1v) is 6.29. The predicted molar refractivity (Wildman–Crippen MR) is 62.7 cm³/mol. The molecule has 0 radical (unpaired) electrons. The highest BCUT2D eigenvalue weighted by Crippen LogP contribution is 2.13. The normalized spacial score (nSPS) is 14.9. The fraction of sp³-hybridized carbons (Fsp3) is 0.400. The van der Waals surface area contributed by atoms with Crippen LogP contribution in [0.25, 0.3) is 0 Å². The Morgan fingerprint density at radius 1 is 1.47 bits per heavy atom. The molecule has 84 valence electrons. The summed E-state index contributed by atoms with van der Waals surface area (Å²) < 4.78 is 11.7. The summed E-state index contributed by atoms with van der Waals surface area (Å²) in [5, 5.41) is 12.9. The van der Waals surface area contributed by atoms with E-state index in [1.54, 1.807) is 31.3 Å². The Bertz CT molecular complexity index is 329. The number of hydrogen-bond acceptors (Lipinski definition) is 3. The van der Waals surface area contributed by atoms with Gasteiger partial charge in [0.15, 0.2) is 0 Å². The van der Waals surface area contributed by atoms with Crippen molar-refractivity contribution in [1.82, 2.24) is 5.32 Å². The SMILES string of the molecule is CNCC(O)CS(=O)c1ccc(Cl)cc1. The zero-order valence-electron chi connectivity index (χ0n) is 8.44. The van der Waals surface area contributed by atoms with E-state index in [0.717, 1.165) is 0 Å². The van der Waals surface area contributed by atoms with Gasteiger partial charge in [0.05, 0.1) is 22.7 Å². The van der Waals surface area contributed by atoms with Gasteiger partial charge in [0, 0.05) is 16.5 Å². The van der Waals surface area contributed by atoms with Crippen molar-refractivity contribution in [3.05, 3.63) is 29.3 Å². The highest BCUT2D eigenvalue weighted by atomic mass is 35.5. The molecule has 2 atom stereocenters. The molecule has 0 aliphatic heterocycles. The quantitative estimate of drug-likeness (QED) is 0.817. The second-order valence-electron chi connectivity index (χ2n) is 3.18. The fourth-order valence-electron chi connectivity index (χ4n) is 1.15. The fourth-order valence-corrected chi connectivity index (χ4v) is 2.38. The lowest BCUT2D eigenvalue weighted by molar-refractivity contribution is 0.198. The van der Waals surface area contributed by atoms with E-state index in [1.165, 1.54) is 0 Å². The highest BCUT2D eigenvalue weighted by Gasteiger charge is 2.10. The summed E-state index contributed by atoms with van der Waals surface area (Å²) in [6.45, 7) is 0.444. The zero-order valence-corrected chi connectivity index (χ0v) is 10.0. The van der Waals surface area contributed by atoms with Gasteiger partial charge in [0.1, 0.15) is 0 Å². The number of hydrogen-bond donors (Lipinski definition) is 2. The first-order valence-electron chi connectivity index (χ1n) is 4.60. The van der Waals surface area contributed by atoms with Crippen LogP contribution in [-0.2, 0) is 10.8 Å². The molecule has 2 unspecified atom stereocenters. The van der Waals surface area contributed by atoms with Crippen molar-refractivity contribution in [3.63, 3.8) is 0 Å². The summed E-state index contributed by atoms with van der Waals surface area (Å²) in [4.78, 5) is 0.689. The Labute approximate surface area is 96.9 Å². The lowest BCUT2D eigenvalue weighted by Gasteiger charge is -2.09. The van der Waals surface area contributed by atoms with Crippen molar-refractivity contribution < 1.29 is 9.32 Å². The molecule has 0 amide bonds. The topological polar surface area (TPSA) is 49.3 Å². The van der Waals surface area contributed by atoms with Crippen LogP contribution in [0.3, 0.4) is 0 Å². The van der Waals surface area contributed by atoms with Crippen LogP contribution in [0.15, 0.2) is 29.2 Å². The Balaban J connectivity index is 2.57. The second-order valence-corrected chi connectivity index (χ2v) is 5.11. The molecule has 0 aromatic heterocycles. The molecular weight excluding hydrogens is 234 g/mol. The third kappa shape index (κ3) is 4.30. The van der Waals surface area contributed by atoms with Crippen LogP contribution >= 0.6 is 11.6 Å². The van der Waals surface area contributed by atoms with Gasteiger partial charge in [0.2, 0.25) is 0 Å². The van der Waals surface area contributed by atoms with Crippen LogP contribution in [0.2, 0.25) is 5.02 Å². The van der Waals surface area contributed by atoms with Gasteiger partial charge in [-0.05, 0) is 31.3 Å². The maximum absolute atomic E-state index is 11.7. The maximum atomic E-state index is 11.7. The van der Waals surface area contributed by atoms with Gasteiger partial charge in [-0.2, -0.15) is 0 Å². The molecule has 0 bridgehead atoms. The van der Waals surface area contributed by atoms with Gasteiger partial charge in [-0.3, -0.25) is 4.21 Å². The molecule has 1 rings (SSSR count). The largest absolute Gasteiger partial charge is 0.391 e. The van der Waals surface area contributed by atoms with Crippen LogP contribution < -0.4 is 5.32 Å². The maximum Gasteiger partial charge on any atom is 0.0783 e. The molecule has 0 heterocycles. The lowest BCUT2D eigenvalue weighted by Crippen LogP contribution is -2.28. The minimum absolute atomic E-state index is 0.239. The molecule has 0 saturated heterocycles. The van der Waals surface area contributed by atoms with Crippen LogP contribution in [-0.4, -0.2) is 34.8 Å². The molecule has 1 aromatic rings. The predicted octanol–water partition coefficient (Wildman–Crippen LogP) is 1.03. The van der Waals surface area contributed by atoms with E-state index in [9.17, 15) is 9.32 Å². The second kappa shape index (κ2) is 6.23. The third-order valence-electron chi connectivity index (χ3n) is 1.86. The molecule has 0 saturated carbocycles. The number of aliphatic hydroxyl groups is 1. The summed E-state index contributed by atoms with van der Waals surface area (Å²) in [5.74, 6) is 0.239. The molecule has 1 aromatic carbocycles. The van der Waals surface area contributed by atoms with Crippen LogP contribution in [0.5, 0.6) is 0 Å². The minimum Gasteiger partial charge on any atom is -0.391 e. The van der Waals surface area contributed by atoms with Gasteiger partial charge in [-0.15, -0.1) is 0 Å². The van der Waals surface area contributed by atoms with E-state index in [4.69, 9.17) is 11.6 Å². The van der Waals surface area contributed by atoms with Gasteiger partial charge >= 0.3 is 0 Å². The summed E-state index contributed by atoms with van der Waals surface area (Å²) in [6, 6.07) is 6.81. The number of nitrogens with one attached hydrogen (secondary N) is 1. The summed E-state index contributed by atoms with van der Waals surface area (Å²) in [5.41, 5.74) is 0. The Morgan fingerprint density at radius 3 is 2.60 bits per heavy atom. The van der Waals surface area contributed by atoms with Crippen molar-refractivity contribution in [2.75, 3.05) is 19.3 Å². The highest BCUT2D eigenvalue weighted by molar-refractivity contribution is 7.85. The zero-order chi connectivity index (χ0) is 11.3. The molecule has 2 N–H and O–H groups in total. The average molecular weight is 248 g/mol. The van der Waals surface area contributed by atoms with E-state index >= 15 is 0 Å². The Morgan fingerprint density at radius 2 is 2.07 bits per heavy atom. The summed E-state index contributed by atoms with van der Waals surface area (Å²) in [7, 11) is 0.573. The van der Waals surface area contributed by atoms with Crippen molar-refractivity contribution in [3.8, 4) is 0 Å². The van der Waals surface area contributed by atoms with Crippen molar-refractivity contribution in [2.45, 2.75) is 11.0 Å². The number of halogens is 1. The summed E-state index contributed by atoms with van der Waals surface area (Å²) >= 11 is 5.71. The number of likely N-dealkylation sites (N-methyl/N-ethyl adjacent to an activating group) is 1. The van der Waals surface area contributed by atoms with Gasteiger partial charge in [0.25, 0.3) is 0 Å². The molecule has 5 heteroatoms. The molecule has 0 spiro atoms. The first kappa shape index (κ1) is 12.6. The van der Waals surface area contributed by atoms with Crippen LogP contribution in [0, 0.1) is 0 Å². The molecule has 3 nitrogen and oxygen atoms in total. The van der Waals surface area contributed by atoms with Crippen LogP contribution in [0.4, 0.5) is 0 Å². The molecule has 0 aliphatic rings. The third-order valence-corrected chi connectivity index (χ3v) is 3.60. The Kier molecular flexibility index (Phi) is 5.25. The smallest absolute Gasteiger partial charge is 0.0783 e. The van der Waals surface area contributed by atoms with Gasteiger partial charge < -0.3 is 10.4 Å². The first-order chi connectivity index (χ1) is 7.13. The number of rotatable bonds is 5. The van der Waals surface area contributed by atoms with E-state index < -0.39 is 16.9 Å².